The molecule has 116 valence electrons. The molecule has 2 aliphatic carbocycles. The van der Waals surface area contributed by atoms with Crippen LogP contribution in [0.5, 0.6) is 0 Å². The van der Waals surface area contributed by atoms with Gasteiger partial charge in [0.15, 0.2) is 5.78 Å². The summed E-state index contributed by atoms with van der Waals surface area (Å²) in [6, 6.07) is 6.46. The molecule has 0 atom stereocenters. The van der Waals surface area contributed by atoms with Gasteiger partial charge in [0.25, 0.3) is 0 Å². The van der Waals surface area contributed by atoms with Crippen LogP contribution in [0.2, 0.25) is 0 Å². The van der Waals surface area contributed by atoms with Crippen molar-refractivity contribution in [2.24, 2.45) is 5.41 Å². The van der Waals surface area contributed by atoms with Crippen molar-refractivity contribution in [1.29, 1.82) is 0 Å². The molecule has 1 nitrogen and oxygen atoms in total. The Bertz CT molecular complexity index is 715. The summed E-state index contributed by atoms with van der Waals surface area (Å²) in [7, 11) is 0. The van der Waals surface area contributed by atoms with E-state index in [1.54, 1.807) is 0 Å². The van der Waals surface area contributed by atoms with Gasteiger partial charge in [0.2, 0.25) is 0 Å². The Morgan fingerprint density at radius 2 is 1.55 bits per heavy atom. The predicted molar refractivity (Wildman–Crippen MR) is 93.2 cm³/mol. The lowest BCUT2D eigenvalue weighted by molar-refractivity contribution is 0.104. The summed E-state index contributed by atoms with van der Waals surface area (Å²) in [5, 5.41) is 0. The zero-order valence-electron chi connectivity index (χ0n) is 14.6. The summed E-state index contributed by atoms with van der Waals surface area (Å²) in [4.78, 5) is 12.9. The molecule has 2 aliphatic rings. The molecule has 22 heavy (non-hydrogen) atoms. The minimum Gasteiger partial charge on any atom is -0.289 e. The minimum absolute atomic E-state index is 0.0742. The zero-order valence-corrected chi connectivity index (χ0v) is 14.6. The average Bonchev–Trinajstić information content (AvgIpc) is 2.70. The van der Waals surface area contributed by atoms with E-state index in [1.165, 1.54) is 16.7 Å². The Kier molecular flexibility index (Phi) is 3.25. The van der Waals surface area contributed by atoms with Gasteiger partial charge >= 0.3 is 0 Å². The van der Waals surface area contributed by atoms with Crippen LogP contribution in [-0.4, -0.2) is 5.78 Å². The molecule has 1 aromatic rings. The molecular formula is C21H26O. The molecule has 0 spiro atoms. The van der Waals surface area contributed by atoms with E-state index in [9.17, 15) is 4.79 Å². The van der Waals surface area contributed by atoms with Gasteiger partial charge in [-0.2, -0.15) is 0 Å². The molecule has 0 unspecified atom stereocenters. The van der Waals surface area contributed by atoms with E-state index < -0.39 is 0 Å². The highest BCUT2D eigenvalue weighted by molar-refractivity contribution is 6.22. The second-order valence-corrected chi connectivity index (χ2v) is 8.65. The van der Waals surface area contributed by atoms with Gasteiger partial charge in [0.1, 0.15) is 0 Å². The fourth-order valence-corrected chi connectivity index (χ4v) is 3.41. The van der Waals surface area contributed by atoms with Crippen molar-refractivity contribution in [2.75, 3.05) is 0 Å². The highest BCUT2D eigenvalue weighted by Gasteiger charge is 2.33. The lowest BCUT2D eigenvalue weighted by Gasteiger charge is -2.26. The quantitative estimate of drug-likeness (QED) is 0.600. The molecular weight excluding hydrogens is 268 g/mol. The van der Waals surface area contributed by atoms with E-state index in [4.69, 9.17) is 0 Å². The summed E-state index contributed by atoms with van der Waals surface area (Å²) in [5.41, 5.74) is 7.12. The Balaban J connectivity index is 2.08. The topological polar surface area (TPSA) is 17.1 Å². The molecule has 0 N–H and O–H groups in total. The van der Waals surface area contributed by atoms with Gasteiger partial charge < -0.3 is 0 Å². The standard InChI is InChI=1S/C21H26O/c1-20(2,3)13-7-9-15-16-10-8-14(21(4,5)6)12-18(16)19(22)17(15)11-13/h7,9,11-12H,8,10H2,1-6H3. The third kappa shape index (κ3) is 2.37. The van der Waals surface area contributed by atoms with Crippen LogP contribution >= 0.6 is 0 Å². The predicted octanol–water partition coefficient (Wildman–Crippen LogP) is 5.70. The molecule has 0 amide bonds. The summed E-state index contributed by atoms with van der Waals surface area (Å²) in [5.74, 6) is 0.220. The van der Waals surface area contributed by atoms with Crippen molar-refractivity contribution < 1.29 is 4.79 Å². The van der Waals surface area contributed by atoms with Gasteiger partial charge in [0, 0.05) is 11.1 Å². The first-order valence-electron chi connectivity index (χ1n) is 8.23. The maximum Gasteiger partial charge on any atom is 0.193 e. The molecule has 3 rings (SSSR count). The number of Topliss-reactive ketones (excluding diaryl/α,β-unsaturated/α-hetero) is 1. The number of ketones is 1. The number of hydrogen-bond donors (Lipinski definition) is 0. The third-order valence-electron chi connectivity index (χ3n) is 4.95. The van der Waals surface area contributed by atoms with Crippen LogP contribution in [0.15, 0.2) is 35.4 Å². The first-order valence-corrected chi connectivity index (χ1v) is 8.23. The Hall–Kier alpha value is -1.63. The Morgan fingerprint density at radius 3 is 2.14 bits per heavy atom. The normalized spacial score (nSPS) is 18.3. The van der Waals surface area contributed by atoms with Crippen molar-refractivity contribution in [3.8, 4) is 0 Å². The first-order chi connectivity index (χ1) is 10.1. The number of rotatable bonds is 0. The summed E-state index contributed by atoms with van der Waals surface area (Å²) >= 11 is 0. The van der Waals surface area contributed by atoms with Crippen LogP contribution in [-0.2, 0) is 5.41 Å². The van der Waals surface area contributed by atoms with Crippen molar-refractivity contribution >= 4 is 11.4 Å². The maximum absolute atomic E-state index is 12.9. The van der Waals surface area contributed by atoms with Crippen LogP contribution < -0.4 is 0 Å². The molecule has 0 aliphatic heterocycles. The lowest BCUT2D eigenvalue weighted by atomic mass is 9.78. The molecule has 0 aromatic heterocycles. The number of carbonyl (C=O) groups excluding carboxylic acids is 1. The van der Waals surface area contributed by atoms with Gasteiger partial charge in [-0.15, -0.1) is 0 Å². The van der Waals surface area contributed by atoms with E-state index in [2.05, 4.69) is 65.8 Å². The van der Waals surface area contributed by atoms with Crippen LogP contribution in [0.1, 0.15) is 75.9 Å². The van der Waals surface area contributed by atoms with Crippen molar-refractivity contribution in [2.45, 2.75) is 59.8 Å². The van der Waals surface area contributed by atoms with Gasteiger partial charge in [-0.25, -0.2) is 0 Å². The number of allylic oxidation sites excluding steroid dienone is 4. The second kappa shape index (κ2) is 4.68. The van der Waals surface area contributed by atoms with Gasteiger partial charge in [-0.05, 0) is 46.4 Å². The molecule has 0 bridgehead atoms. The van der Waals surface area contributed by atoms with Gasteiger partial charge in [0.05, 0.1) is 0 Å². The molecule has 0 fully saturated rings. The highest BCUT2D eigenvalue weighted by atomic mass is 16.1. The maximum atomic E-state index is 12.9. The van der Waals surface area contributed by atoms with Crippen molar-refractivity contribution in [1.82, 2.24) is 0 Å². The SMILES string of the molecule is CC(C)(C)C1=CC2=C(CC1)c1ccc(C(C)(C)C)cc1C2=O. The second-order valence-electron chi connectivity index (χ2n) is 8.65. The summed E-state index contributed by atoms with van der Waals surface area (Å²) < 4.78 is 0. The number of fused-ring (bicyclic) bond motifs is 2. The molecule has 1 aromatic carbocycles. The summed E-state index contributed by atoms with van der Waals surface area (Å²) in [6.07, 6.45) is 4.22. The van der Waals surface area contributed by atoms with Gasteiger partial charge in [-0.3, -0.25) is 4.79 Å². The number of benzene rings is 1. The smallest absolute Gasteiger partial charge is 0.193 e. The average molecular weight is 294 g/mol. The monoisotopic (exact) mass is 294 g/mol. The molecule has 1 heteroatoms. The molecule has 0 saturated carbocycles. The fourth-order valence-electron chi connectivity index (χ4n) is 3.41. The van der Waals surface area contributed by atoms with E-state index in [0.717, 1.165) is 29.5 Å². The molecule has 0 saturated heterocycles. The third-order valence-corrected chi connectivity index (χ3v) is 4.95. The number of hydrogen-bond acceptors (Lipinski definition) is 1. The van der Waals surface area contributed by atoms with Crippen LogP contribution in [0.3, 0.4) is 0 Å². The van der Waals surface area contributed by atoms with E-state index >= 15 is 0 Å². The molecule has 0 radical (unpaired) electrons. The van der Waals surface area contributed by atoms with Gasteiger partial charge in [-0.1, -0.05) is 65.3 Å². The fraction of sp³-hybridized carbons (Fsp3) is 0.476. The van der Waals surface area contributed by atoms with Crippen molar-refractivity contribution in [3.05, 3.63) is 52.1 Å². The lowest BCUT2D eigenvalue weighted by Crippen LogP contribution is -2.13. The zero-order chi connectivity index (χ0) is 16.3. The van der Waals surface area contributed by atoms with E-state index in [0.29, 0.717) is 0 Å². The Morgan fingerprint density at radius 1 is 0.864 bits per heavy atom. The van der Waals surface area contributed by atoms with Crippen LogP contribution in [0, 0.1) is 5.41 Å². The van der Waals surface area contributed by atoms with Crippen LogP contribution in [0.25, 0.3) is 5.57 Å². The van der Waals surface area contributed by atoms with E-state index in [-0.39, 0.29) is 16.6 Å². The van der Waals surface area contributed by atoms with Crippen molar-refractivity contribution in [3.63, 3.8) is 0 Å². The summed E-state index contributed by atoms with van der Waals surface area (Å²) in [6.45, 7) is 13.3. The molecule has 0 heterocycles. The first kappa shape index (κ1) is 15.3. The number of carbonyl (C=O) groups is 1. The Labute approximate surface area is 134 Å². The largest absolute Gasteiger partial charge is 0.289 e. The minimum atomic E-state index is 0.0742. The van der Waals surface area contributed by atoms with E-state index in [1.807, 2.05) is 0 Å². The highest BCUT2D eigenvalue weighted by Crippen LogP contribution is 2.45. The van der Waals surface area contributed by atoms with Crippen LogP contribution in [0.4, 0.5) is 0 Å².